The molecule has 0 bridgehead atoms. The Morgan fingerprint density at radius 2 is 1.76 bits per heavy atom. The molecule has 0 aromatic carbocycles. The largest absolute Gasteiger partial charge is 0.417 e. The van der Waals surface area contributed by atoms with Crippen LogP contribution in [0.15, 0.2) is 61.2 Å². The number of alkyl halides is 3. The zero-order valence-corrected chi connectivity index (χ0v) is 18.1. The summed E-state index contributed by atoms with van der Waals surface area (Å²) >= 11 is 0. The first-order valence-corrected chi connectivity index (χ1v) is 10.9. The lowest BCUT2D eigenvalue weighted by Gasteiger charge is -2.16. The van der Waals surface area contributed by atoms with Crippen molar-refractivity contribution < 1.29 is 18.0 Å². The minimum atomic E-state index is -4.53. The minimum absolute atomic E-state index is 0.197. The van der Waals surface area contributed by atoms with Crippen LogP contribution in [0.2, 0.25) is 0 Å². The zero-order chi connectivity index (χ0) is 23.7. The summed E-state index contributed by atoms with van der Waals surface area (Å²) < 4.78 is 41.3. The molecular weight excluding hydrogens is 445 g/mol. The number of nitrogens with zero attached hydrogens (tertiary/aromatic N) is 5. The van der Waals surface area contributed by atoms with E-state index in [1.165, 1.54) is 6.07 Å². The third-order valence-corrected chi connectivity index (χ3v) is 5.82. The van der Waals surface area contributed by atoms with E-state index in [2.05, 4.69) is 25.2 Å². The molecule has 7 nitrogen and oxygen atoms in total. The smallest absolute Gasteiger partial charge is 0.357 e. The molecule has 5 heterocycles. The first-order valence-electron chi connectivity index (χ1n) is 10.9. The molecule has 10 heteroatoms. The molecule has 1 aliphatic rings. The first-order chi connectivity index (χ1) is 16.4. The van der Waals surface area contributed by atoms with Gasteiger partial charge in [-0.2, -0.15) is 13.2 Å². The van der Waals surface area contributed by atoms with Gasteiger partial charge in [-0.15, -0.1) is 0 Å². The van der Waals surface area contributed by atoms with Gasteiger partial charge in [-0.05, 0) is 54.8 Å². The van der Waals surface area contributed by atoms with Crippen LogP contribution in [-0.4, -0.2) is 38.5 Å². The van der Waals surface area contributed by atoms with Crippen LogP contribution in [0.4, 0.5) is 24.7 Å². The number of rotatable bonds is 5. The lowest BCUT2D eigenvalue weighted by molar-refractivity contribution is -0.137. The summed E-state index contributed by atoms with van der Waals surface area (Å²) in [6.45, 7) is 2.17. The average molecular weight is 466 g/mol. The van der Waals surface area contributed by atoms with Gasteiger partial charge in [-0.1, -0.05) is 0 Å². The number of halogens is 3. The quantitative estimate of drug-likeness (QED) is 0.460. The Bertz CT molecular complexity index is 1310. The maximum absolute atomic E-state index is 13.2. The summed E-state index contributed by atoms with van der Waals surface area (Å²) in [5.41, 5.74) is 0.951. The molecule has 0 atom stereocenters. The Labute approximate surface area is 193 Å². The molecule has 1 fully saturated rings. The number of pyridine rings is 3. The van der Waals surface area contributed by atoms with Gasteiger partial charge in [0.15, 0.2) is 0 Å². The van der Waals surface area contributed by atoms with E-state index in [9.17, 15) is 18.0 Å². The number of hydrogen-bond acceptors (Lipinski definition) is 5. The van der Waals surface area contributed by atoms with Crippen LogP contribution >= 0.6 is 0 Å². The molecule has 1 aliphatic heterocycles. The predicted octanol–water partition coefficient (Wildman–Crippen LogP) is 4.75. The van der Waals surface area contributed by atoms with E-state index in [-0.39, 0.29) is 23.3 Å². The molecule has 0 saturated carbocycles. The van der Waals surface area contributed by atoms with Crippen LogP contribution in [0.25, 0.3) is 11.0 Å². The first kappa shape index (κ1) is 21.9. The fourth-order valence-corrected chi connectivity index (χ4v) is 4.11. The molecule has 0 unspecified atom stereocenters. The van der Waals surface area contributed by atoms with Gasteiger partial charge >= 0.3 is 6.18 Å². The van der Waals surface area contributed by atoms with E-state index in [1.807, 2.05) is 6.07 Å². The molecule has 4 aromatic rings. The summed E-state index contributed by atoms with van der Waals surface area (Å²) in [7, 11) is 0. The highest BCUT2D eigenvalue weighted by atomic mass is 19.4. The van der Waals surface area contributed by atoms with E-state index >= 15 is 0 Å². The number of anilines is 2. The van der Waals surface area contributed by atoms with Gasteiger partial charge in [-0.25, -0.2) is 9.97 Å². The van der Waals surface area contributed by atoms with Crippen molar-refractivity contribution in [2.45, 2.75) is 25.6 Å². The molecule has 0 spiro atoms. The standard InChI is InChI=1S/C24H21F3N6O/c25-24(26,27)18-11-17-12-20(33(22(17)30-13-18)15-16-5-7-28-8-6-16)23(34)31-19-3-4-21(29-14-19)32-9-1-2-10-32/h3-8,11-14H,1-2,9-10,15H2,(H,31,34). The summed E-state index contributed by atoms with van der Waals surface area (Å²) in [5, 5.41) is 3.04. The lowest BCUT2D eigenvalue weighted by Crippen LogP contribution is -2.20. The molecule has 1 saturated heterocycles. The molecule has 4 aromatic heterocycles. The number of carbonyl (C=O) groups excluding carboxylic acids is 1. The maximum atomic E-state index is 13.2. The monoisotopic (exact) mass is 466 g/mol. The molecule has 0 aliphatic carbocycles. The molecule has 1 N–H and O–H groups in total. The van der Waals surface area contributed by atoms with Crippen molar-refractivity contribution in [2.75, 3.05) is 23.3 Å². The number of amides is 1. The Balaban J connectivity index is 1.47. The third kappa shape index (κ3) is 4.43. The predicted molar refractivity (Wildman–Crippen MR) is 122 cm³/mol. The Kier molecular flexibility index (Phi) is 5.64. The van der Waals surface area contributed by atoms with Gasteiger partial charge in [0, 0.05) is 43.6 Å². The number of carbonyl (C=O) groups is 1. The Morgan fingerprint density at radius 1 is 1.00 bits per heavy atom. The van der Waals surface area contributed by atoms with Crippen molar-refractivity contribution in [3.63, 3.8) is 0 Å². The number of fused-ring (bicyclic) bond motifs is 1. The van der Waals surface area contributed by atoms with Crippen LogP contribution in [-0.2, 0) is 12.7 Å². The molecular formula is C24H21F3N6O. The van der Waals surface area contributed by atoms with Crippen molar-refractivity contribution in [2.24, 2.45) is 0 Å². The van der Waals surface area contributed by atoms with Gasteiger partial charge in [0.05, 0.1) is 17.4 Å². The lowest BCUT2D eigenvalue weighted by atomic mass is 10.2. The van der Waals surface area contributed by atoms with Gasteiger partial charge < -0.3 is 14.8 Å². The average Bonchev–Trinajstić information content (AvgIpc) is 3.48. The van der Waals surface area contributed by atoms with Gasteiger partial charge in [0.1, 0.15) is 17.2 Å². The van der Waals surface area contributed by atoms with Crippen LogP contribution in [0.5, 0.6) is 0 Å². The second-order valence-corrected chi connectivity index (χ2v) is 8.16. The fourth-order valence-electron chi connectivity index (χ4n) is 4.11. The van der Waals surface area contributed by atoms with Crippen molar-refractivity contribution >= 4 is 28.4 Å². The van der Waals surface area contributed by atoms with Crippen molar-refractivity contribution in [1.82, 2.24) is 19.5 Å². The second kappa shape index (κ2) is 8.77. The molecule has 174 valence electrons. The summed E-state index contributed by atoms with van der Waals surface area (Å²) in [6.07, 6.45) is 3.33. The van der Waals surface area contributed by atoms with E-state index in [4.69, 9.17) is 0 Å². The normalized spacial score (nSPS) is 14.0. The summed E-state index contributed by atoms with van der Waals surface area (Å²) in [5.74, 6) is 0.391. The van der Waals surface area contributed by atoms with E-state index in [0.717, 1.165) is 49.6 Å². The van der Waals surface area contributed by atoms with Gasteiger partial charge in [-0.3, -0.25) is 9.78 Å². The van der Waals surface area contributed by atoms with E-state index < -0.39 is 17.6 Å². The van der Waals surface area contributed by atoms with E-state index in [1.54, 1.807) is 41.4 Å². The van der Waals surface area contributed by atoms with Crippen LogP contribution in [0.3, 0.4) is 0 Å². The Hall–Kier alpha value is -3.95. The number of hydrogen-bond donors (Lipinski definition) is 1. The highest BCUT2D eigenvalue weighted by Crippen LogP contribution is 2.32. The number of nitrogens with one attached hydrogen (secondary N) is 1. The third-order valence-electron chi connectivity index (χ3n) is 5.82. The topological polar surface area (TPSA) is 75.9 Å². The SMILES string of the molecule is O=C(Nc1ccc(N2CCCC2)nc1)c1cc2cc(C(F)(F)F)cnc2n1Cc1ccncc1. The maximum Gasteiger partial charge on any atom is 0.417 e. The molecule has 34 heavy (non-hydrogen) atoms. The summed E-state index contributed by atoms with van der Waals surface area (Å²) in [6, 6.07) is 9.62. The van der Waals surface area contributed by atoms with Gasteiger partial charge in [0.2, 0.25) is 0 Å². The fraction of sp³-hybridized carbons (Fsp3) is 0.250. The highest BCUT2D eigenvalue weighted by molar-refractivity contribution is 6.06. The highest BCUT2D eigenvalue weighted by Gasteiger charge is 2.32. The van der Waals surface area contributed by atoms with E-state index in [0.29, 0.717) is 5.69 Å². The van der Waals surface area contributed by atoms with Crippen molar-refractivity contribution in [3.05, 3.63) is 78.0 Å². The number of aromatic nitrogens is 4. The summed E-state index contributed by atoms with van der Waals surface area (Å²) in [4.78, 5) is 27.8. The second-order valence-electron chi connectivity index (χ2n) is 8.16. The zero-order valence-electron chi connectivity index (χ0n) is 18.1. The van der Waals surface area contributed by atoms with Crippen LogP contribution < -0.4 is 10.2 Å². The Morgan fingerprint density at radius 3 is 2.44 bits per heavy atom. The minimum Gasteiger partial charge on any atom is -0.357 e. The van der Waals surface area contributed by atoms with Crippen LogP contribution in [0, 0.1) is 0 Å². The molecule has 0 radical (unpaired) electrons. The van der Waals surface area contributed by atoms with Crippen molar-refractivity contribution in [1.29, 1.82) is 0 Å². The molecule has 1 amide bonds. The molecule has 5 rings (SSSR count). The van der Waals surface area contributed by atoms with Crippen LogP contribution in [0.1, 0.15) is 34.5 Å². The van der Waals surface area contributed by atoms with Gasteiger partial charge in [0.25, 0.3) is 5.91 Å². The van der Waals surface area contributed by atoms with Crippen molar-refractivity contribution in [3.8, 4) is 0 Å².